The number of benzene rings is 3. The van der Waals surface area contributed by atoms with Gasteiger partial charge in [-0.05, 0) is 43.5 Å². The molecule has 0 aliphatic heterocycles. The summed E-state index contributed by atoms with van der Waals surface area (Å²) in [7, 11) is 0. The van der Waals surface area contributed by atoms with E-state index in [0.29, 0.717) is 12.1 Å². The quantitative estimate of drug-likeness (QED) is 0.341. The molecular formula is C26H24NO2+. The van der Waals surface area contributed by atoms with Gasteiger partial charge in [0.15, 0.2) is 12.7 Å². The number of pyridine rings is 1. The Kier molecular flexibility index (Phi) is 5.39. The van der Waals surface area contributed by atoms with Crippen LogP contribution in [0.5, 0.6) is 0 Å². The van der Waals surface area contributed by atoms with Crippen LogP contribution in [0.15, 0.2) is 91.1 Å². The van der Waals surface area contributed by atoms with E-state index in [0.717, 1.165) is 16.8 Å². The Balaban J connectivity index is 1.84. The SMILES string of the molecule is CC(C)OC(=O)c1ccccc1C[n+]1ccc2ccccc2c1-c1ccccc1. The fourth-order valence-corrected chi connectivity index (χ4v) is 3.63. The maximum absolute atomic E-state index is 12.6. The molecule has 0 radical (unpaired) electrons. The molecule has 29 heavy (non-hydrogen) atoms. The fourth-order valence-electron chi connectivity index (χ4n) is 3.63. The van der Waals surface area contributed by atoms with Gasteiger partial charge in [0.2, 0.25) is 5.69 Å². The first kappa shape index (κ1) is 18.9. The second kappa shape index (κ2) is 8.27. The summed E-state index contributed by atoms with van der Waals surface area (Å²) >= 11 is 0. The van der Waals surface area contributed by atoms with Crippen molar-refractivity contribution in [2.45, 2.75) is 26.5 Å². The number of hydrogen-bond donors (Lipinski definition) is 0. The minimum atomic E-state index is -0.279. The number of nitrogens with zero attached hydrogens (tertiary/aromatic N) is 1. The van der Waals surface area contributed by atoms with Gasteiger partial charge >= 0.3 is 5.97 Å². The van der Waals surface area contributed by atoms with Gasteiger partial charge < -0.3 is 4.74 Å². The van der Waals surface area contributed by atoms with Crippen LogP contribution in [-0.2, 0) is 11.3 Å². The molecule has 0 amide bonds. The van der Waals surface area contributed by atoms with Crippen LogP contribution in [0.4, 0.5) is 0 Å². The third kappa shape index (κ3) is 4.04. The van der Waals surface area contributed by atoms with Crippen LogP contribution in [0.1, 0.15) is 29.8 Å². The Bertz CT molecular complexity index is 1150. The van der Waals surface area contributed by atoms with Gasteiger partial charge in [0, 0.05) is 17.2 Å². The number of rotatable bonds is 5. The third-order valence-electron chi connectivity index (χ3n) is 4.91. The summed E-state index contributed by atoms with van der Waals surface area (Å²) in [5.41, 5.74) is 3.83. The van der Waals surface area contributed by atoms with Crippen LogP contribution in [0, 0.1) is 0 Å². The number of fused-ring (bicyclic) bond motifs is 1. The fraction of sp³-hybridized carbons (Fsp3) is 0.154. The van der Waals surface area contributed by atoms with E-state index in [1.54, 1.807) is 0 Å². The number of carbonyl (C=O) groups excluding carboxylic acids is 1. The normalized spacial score (nSPS) is 11.0. The predicted molar refractivity (Wildman–Crippen MR) is 116 cm³/mol. The Labute approximate surface area is 171 Å². The van der Waals surface area contributed by atoms with Crippen molar-refractivity contribution in [2.24, 2.45) is 0 Å². The minimum Gasteiger partial charge on any atom is -0.459 e. The van der Waals surface area contributed by atoms with Crippen molar-refractivity contribution in [1.82, 2.24) is 0 Å². The van der Waals surface area contributed by atoms with E-state index in [2.05, 4.69) is 65.4 Å². The summed E-state index contributed by atoms with van der Waals surface area (Å²) in [5, 5.41) is 2.37. The number of hydrogen-bond acceptors (Lipinski definition) is 2. The molecule has 0 bridgehead atoms. The summed E-state index contributed by atoms with van der Waals surface area (Å²) in [4.78, 5) is 12.6. The van der Waals surface area contributed by atoms with Crippen molar-refractivity contribution >= 4 is 16.7 Å². The Morgan fingerprint density at radius 2 is 1.55 bits per heavy atom. The Morgan fingerprint density at radius 3 is 2.34 bits per heavy atom. The molecule has 3 heteroatoms. The molecule has 1 heterocycles. The highest BCUT2D eigenvalue weighted by Gasteiger charge is 2.21. The van der Waals surface area contributed by atoms with Gasteiger partial charge in [-0.3, -0.25) is 0 Å². The zero-order valence-electron chi connectivity index (χ0n) is 16.7. The largest absolute Gasteiger partial charge is 0.459 e. The van der Waals surface area contributed by atoms with Crippen molar-refractivity contribution in [2.75, 3.05) is 0 Å². The highest BCUT2D eigenvalue weighted by Crippen LogP contribution is 2.25. The van der Waals surface area contributed by atoms with E-state index in [4.69, 9.17) is 4.74 Å². The van der Waals surface area contributed by atoms with Gasteiger partial charge in [0.1, 0.15) is 0 Å². The second-order valence-corrected chi connectivity index (χ2v) is 7.36. The van der Waals surface area contributed by atoms with Gasteiger partial charge in [-0.15, -0.1) is 0 Å². The molecule has 3 aromatic carbocycles. The first-order valence-corrected chi connectivity index (χ1v) is 9.89. The number of esters is 1. The zero-order chi connectivity index (χ0) is 20.2. The first-order valence-electron chi connectivity index (χ1n) is 9.89. The molecule has 4 aromatic rings. The summed E-state index contributed by atoms with van der Waals surface area (Å²) in [6, 6.07) is 28.6. The van der Waals surface area contributed by atoms with Crippen molar-refractivity contribution < 1.29 is 14.1 Å². The van der Waals surface area contributed by atoms with E-state index in [1.165, 1.54) is 10.8 Å². The molecule has 144 valence electrons. The van der Waals surface area contributed by atoms with E-state index in [-0.39, 0.29) is 12.1 Å². The Morgan fingerprint density at radius 1 is 0.862 bits per heavy atom. The predicted octanol–water partition coefficient (Wildman–Crippen LogP) is 5.41. The average Bonchev–Trinajstić information content (AvgIpc) is 2.74. The molecule has 0 N–H and O–H groups in total. The lowest BCUT2D eigenvalue weighted by Gasteiger charge is -2.12. The van der Waals surface area contributed by atoms with Crippen LogP contribution in [0.25, 0.3) is 22.0 Å². The lowest BCUT2D eigenvalue weighted by molar-refractivity contribution is -0.676. The molecule has 4 rings (SSSR count). The van der Waals surface area contributed by atoms with Crippen molar-refractivity contribution in [3.05, 3.63) is 102 Å². The van der Waals surface area contributed by atoms with E-state index < -0.39 is 0 Å². The van der Waals surface area contributed by atoms with Crippen molar-refractivity contribution in [1.29, 1.82) is 0 Å². The van der Waals surface area contributed by atoms with Crippen molar-refractivity contribution in [3.63, 3.8) is 0 Å². The summed E-state index contributed by atoms with van der Waals surface area (Å²) in [6.45, 7) is 4.32. The standard InChI is InChI=1S/C26H24NO2/c1-19(2)29-26(28)24-15-9-7-13-22(24)18-27-17-16-20-10-6-8-14-23(20)25(27)21-11-4-3-5-12-21/h3-17,19H,18H2,1-2H3/q+1. The molecule has 0 aliphatic carbocycles. The third-order valence-corrected chi connectivity index (χ3v) is 4.91. The minimum absolute atomic E-state index is 0.149. The molecule has 0 spiro atoms. The van der Waals surface area contributed by atoms with Crippen LogP contribution in [0.3, 0.4) is 0 Å². The van der Waals surface area contributed by atoms with Crippen LogP contribution in [0.2, 0.25) is 0 Å². The van der Waals surface area contributed by atoms with Crippen LogP contribution >= 0.6 is 0 Å². The van der Waals surface area contributed by atoms with Crippen LogP contribution in [-0.4, -0.2) is 12.1 Å². The van der Waals surface area contributed by atoms with Gasteiger partial charge in [-0.1, -0.05) is 54.6 Å². The molecule has 0 fully saturated rings. The highest BCUT2D eigenvalue weighted by molar-refractivity contribution is 5.93. The molecule has 0 unspecified atom stereocenters. The molecule has 0 saturated heterocycles. The van der Waals surface area contributed by atoms with Gasteiger partial charge in [0.25, 0.3) is 0 Å². The topological polar surface area (TPSA) is 30.2 Å². The lowest BCUT2D eigenvalue weighted by Crippen LogP contribution is -2.37. The lowest BCUT2D eigenvalue weighted by atomic mass is 10.0. The second-order valence-electron chi connectivity index (χ2n) is 7.36. The zero-order valence-corrected chi connectivity index (χ0v) is 16.7. The first-order chi connectivity index (χ1) is 14.1. The maximum atomic E-state index is 12.6. The Hall–Kier alpha value is -3.46. The van der Waals surface area contributed by atoms with Gasteiger partial charge in [-0.2, -0.15) is 4.57 Å². The number of ether oxygens (including phenoxy) is 1. The van der Waals surface area contributed by atoms with E-state index in [1.807, 2.05) is 44.2 Å². The molecule has 3 nitrogen and oxygen atoms in total. The molecule has 0 saturated carbocycles. The molecule has 0 atom stereocenters. The van der Waals surface area contributed by atoms with Crippen LogP contribution < -0.4 is 4.57 Å². The van der Waals surface area contributed by atoms with E-state index in [9.17, 15) is 4.79 Å². The van der Waals surface area contributed by atoms with Gasteiger partial charge in [-0.25, -0.2) is 4.79 Å². The molecule has 1 aromatic heterocycles. The van der Waals surface area contributed by atoms with Crippen molar-refractivity contribution in [3.8, 4) is 11.3 Å². The monoisotopic (exact) mass is 382 g/mol. The maximum Gasteiger partial charge on any atom is 0.338 e. The number of aromatic nitrogens is 1. The number of carbonyl (C=O) groups is 1. The average molecular weight is 382 g/mol. The summed E-state index contributed by atoms with van der Waals surface area (Å²) in [6.07, 6.45) is 1.94. The summed E-state index contributed by atoms with van der Waals surface area (Å²) < 4.78 is 7.66. The summed E-state index contributed by atoms with van der Waals surface area (Å²) in [5.74, 6) is -0.279. The highest BCUT2D eigenvalue weighted by atomic mass is 16.5. The smallest absolute Gasteiger partial charge is 0.338 e. The van der Waals surface area contributed by atoms with Gasteiger partial charge in [0.05, 0.1) is 17.1 Å². The molecule has 0 aliphatic rings. The van der Waals surface area contributed by atoms with E-state index >= 15 is 0 Å². The molecular weight excluding hydrogens is 358 g/mol.